The summed E-state index contributed by atoms with van der Waals surface area (Å²) in [6, 6.07) is 6.31. The summed E-state index contributed by atoms with van der Waals surface area (Å²) in [5.41, 5.74) is -0.263. The summed E-state index contributed by atoms with van der Waals surface area (Å²) in [5.74, 6) is -0.373. The molecule has 1 N–H and O–H groups in total. The fourth-order valence-corrected chi connectivity index (χ4v) is 3.42. The zero-order chi connectivity index (χ0) is 20.3. The number of carbonyl (C=O) groups excluding carboxylic acids is 1. The normalized spacial score (nSPS) is 16.5. The Labute approximate surface area is 168 Å². The van der Waals surface area contributed by atoms with Crippen LogP contribution in [0.1, 0.15) is 46.6 Å². The standard InChI is InChI=1S/C19H26FN5O2S/c1-12(28-18-22-23-24-25(18)13-9-10-13)17(26)21-16(19(2,3)4)11-27-15-8-6-5-7-14(15)20/h5-8,12-13,16H,9-11H2,1-4H3,(H,21,26). The Hall–Kier alpha value is -2.16. The van der Waals surface area contributed by atoms with Gasteiger partial charge in [-0.25, -0.2) is 9.07 Å². The molecule has 0 spiro atoms. The molecule has 1 aliphatic rings. The van der Waals surface area contributed by atoms with Gasteiger partial charge in [0.25, 0.3) is 0 Å². The molecule has 2 atom stereocenters. The van der Waals surface area contributed by atoms with Gasteiger partial charge in [0.15, 0.2) is 11.6 Å². The first kappa shape index (κ1) is 20.6. The fraction of sp³-hybridized carbons (Fsp3) is 0.579. The molecule has 0 radical (unpaired) electrons. The highest BCUT2D eigenvalue weighted by atomic mass is 32.2. The third-order valence-corrected chi connectivity index (χ3v) is 5.66. The van der Waals surface area contributed by atoms with Crippen LogP contribution in [0.15, 0.2) is 29.4 Å². The smallest absolute Gasteiger partial charge is 0.233 e. The van der Waals surface area contributed by atoms with Crippen LogP contribution in [-0.4, -0.2) is 44.0 Å². The number of aromatic nitrogens is 4. The summed E-state index contributed by atoms with van der Waals surface area (Å²) in [6.07, 6.45) is 2.14. The minimum atomic E-state index is -0.419. The van der Waals surface area contributed by atoms with Crippen LogP contribution in [0.3, 0.4) is 0 Å². The van der Waals surface area contributed by atoms with Crippen molar-refractivity contribution < 1.29 is 13.9 Å². The van der Waals surface area contributed by atoms with Gasteiger partial charge in [-0.15, -0.1) is 5.10 Å². The lowest BCUT2D eigenvalue weighted by Crippen LogP contribution is -2.49. The second-order valence-electron chi connectivity index (χ2n) is 8.07. The molecule has 0 aliphatic heterocycles. The summed E-state index contributed by atoms with van der Waals surface area (Å²) >= 11 is 1.34. The number of nitrogens with zero attached hydrogens (tertiary/aromatic N) is 4. The van der Waals surface area contributed by atoms with Gasteiger partial charge in [-0.1, -0.05) is 44.7 Å². The predicted molar refractivity (Wildman–Crippen MR) is 105 cm³/mol. The first-order chi connectivity index (χ1) is 13.3. The van der Waals surface area contributed by atoms with Gasteiger partial charge < -0.3 is 10.1 Å². The first-order valence-corrected chi connectivity index (χ1v) is 10.3. The van der Waals surface area contributed by atoms with Gasteiger partial charge in [0.1, 0.15) is 6.61 Å². The van der Waals surface area contributed by atoms with Crippen molar-refractivity contribution in [2.45, 2.75) is 63.0 Å². The summed E-state index contributed by atoms with van der Waals surface area (Å²) in [4.78, 5) is 12.8. The quantitative estimate of drug-likeness (QED) is 0.677. The molecule has 2 aromatic rings. The Balaban J connectivity index is 1.60. The van der Waals surface area contributed by atoms with Crippen LogP contribution in [0.25, 0.3) is 0 Å². The number of hydrogen-bond acceptors (Lipinski definition) is 6. The van der Waals surface area contributed by atoms with E-state index >= 15 is 0 Å². The van der Waals surface area contributed by atoms with Crippen LogP contribution in [0, 0.1) is 11.2 Å². The van der Waals surface area contributed by atoms with Crippen LogP contribution >= 0.6 is 11.8 Å². The topological polar surface area (TPSA) is 81.9 Å². The van der Waals surface area contributed by atoms with E-state index in [4.69, 9.17) is 4.74 Å². The molecule has 1 saturated carbocycles. The van der Waals surface area contributed by atoms with Crippen LogP contribution in [-0.2, 0) is 4.79 Å². The van der Waals surface area contributed by atoms with E-state index in [2.05, 4.69) is 20.8 Å². The molecule has 0 saturated heterocycles. The highest BCUT2D eigenvalue weighted by Crippen LogP contribution is 2.37. The lowest BCUT2D eigenvalue weighted by Gasteiger charge is -2.32. The van der Waals surface area contributed by atoms with E-state index in [-0.39, 0.29) is 35.0 Å². The highest BCUT2D eigenvalue weighted by Gasteiger charge is 2.32. The average molecular weight is 408 g/mol. The molecule has 9 heteroatoms. The monoisotopic (exact) mass is 407 g/mol. The minimum absolute atomic E-state index is 0.132. The van der Waals surface area contributed by atoms with E-state index in [1.807, 2.05) is 27.7 Å². The van der Waals surface area contributed by atoms with Gasteiger partial charge in [0.2, 0.25) is 11.1 Å². The maximum absolute atomic E-state index is 13.8. The summed E-state index contributed by atoms with van der Waals surface area (Å²) in [7, 11) is 0. The number of halogens is 1. The number of hydrogen-bond donors (Lipinski definition) is 1. The molecule has 3 rings (SSSR count). The lowest BCUT2D eigenvalue weighted by atomic mass is 9.87. The van der Waals surface area contributed by atoms with E-state index in [9.17, 15) is 9.18 Å². The summed E-state index contributed by atoms with van der Waals surface area (Å²) in [5, 5.41) is 15.1. The van der Waals surface area contributed by atoms with Crippen molar-refractivity contribution in [3.8, 4) is 5.75 Å². The van der Waals surface area contributed by atoms with Gasteiger partial charge in [0.05, 0.1) is 17.3 Å². The SMILES string of the molecule is CC(Sc1nnnn1C1CC1)C(=O)NC(COc1ccccc1F)C(C)(C)C. The largest absolute Gasteiger partial charge is 0.488 e. The third-order valence-electron chi connectivity index (χ3n) is 4.61. The number of ether oxygens (including phenoxy) is 1. The molecule has 0 bridgehead atoms. The van der Waals surface area contributed by atoms with Crippen molar-refractivity contribution in [2.75, 3.05) is 6.61 Å². The Bertz CT molecular complexity index is 819. The summed E-state index contributed by atoms with van der Waals surface area (Å²) in [6.45, 7) is 8.02. The Morgan fingerprint density at radius 1 is 1.39 bits per heavy atom. The molecule has 1 aliphatic carbocycles. The zero-order valence-corrected chi connectivity index (χ0v) is 17.4. The maximum Gasteiger partial charge on any atom is 0.233 e. The van der Waals surface area contributed by atoms with E-state index < -0.39 is 5.82 Å². The number of para-hydroxylation sites is 1. The number of thioether (sulfide) groups is 1. The van der Waals surface area contributed by atoms with Gasteiger partial charge >= 0.3 is 0 Å². The fourth-order valence-electron chi connectivity index (χ4n) is 2.56. The Morgan fingerprint density at radius 2 is 2.11 bits per heavy atom. The molecule has 7 nitrogen and oxygen atoms in total. The average Bonchev–Trinajstić information content (AvgIpc) is 3.38. The molecular formula is C19H26FN5O2S. The molecule has 152 valence electrons. The van der Waals surface area contributed by atoms with Crippen molar-refractivity contribution in [1.82, 2.24) is 25.5 Å². The van der Waals surface area contributed by atoms with Gasteiger partial charge in [-0.05, 0) is 47.7 Å². The van der Waals surface area contributed by atoms with Gasteiger partial charge in [-0.2, -0.15) is 0 Å². The van der Waals surface area contributed by atoms with Gasteiger partial charge in [0, 0.05) is 0 Å². The molecule has 1 heterocycles. The van der Waals surface area contributed by atoms with Crippen molar-refractivity contribution in [3.63, 3.8) is 0 Å². The Morgan fingerprint density at radius 3 is 2.75 bits per heavy atom. The van der Waals surface area contributed by atoms with E-state index in [1.165, 1.54) is 17.8 Å². The third kappa shape index (κ3) is 5.21. The van der Waals surface area contributed by atoms with Crippen molar-refractivity contribution >= 4 is 17.7 Å². The minimum Gasteiger partial charge on any atom is -0.488 e. The van der Waals surface area contributed by atoms with Crippen LogP contribution in [0.5, 0.6) is 5.75 Å². The second kappa shape index (κ2) is 8.46. The second-order valence-corrected chi connectivity index (χ2v) is 9.37. The van der Waals surface area contributed by atoms with Crippen molar-refractivity contribution in [2.24, 2.45) is 5.41 Å². The number of carbonyl (C=O) groups is 1. The van der Waals surface area contributed by atoms with Crippen LogP contribution in [0.2, 0.25) is 0 Å². The Kier molecular flexibility index (Phi) is 6.22. The number of tetrazole rings is 1. The molecule has 1 aromatic heterocycles. The van der Waals surface area contributed by atoms with E-state index in [0.29, 0.717) is 11.2 Å². The van der Waals surface area contributed by atoms with Gasteiger partial charge in [-0.3, -0.25) is 4.79 Å². The molecule has 2 unspecified atom stereocenters. The van der Waals surface area contributed by atoms with E-state index in [0.717, 1.165) is 12.8 Å². The zero-order valence-electron chi connectivity index (χ0n) is 16.6. The lowest BCUT2D eigenvalue weighted by molar-refractivity contribution is -0.122. The highest BCUT2D eigenvalue weighted by molar-refractivity contribution is 8.00. The van der Waals surface area contributed by atoms with Crippen LogP contribution in [0.4, 0.5) is 4.39 Å². The number of amides is 1. The number of benzene rings is 1. The van der Waals surface area contributed by atoms with E-state index in [1.54, 1.807) is 22.9 Å². The molecule has 28 heavy (non-hydrogen) atoms. The first-order valence-electron chi connectivity index (χ1n) is 9.38. The van der Waals surface area contributed by atoms with Crippen molar-refractivity contribution in [1.29, 1.82) is 0 Å². The number of nitrogens with one attached hydrogen (secondary N) is 1. The summed E-state index contributed by atoms with van der Waals surface area (Å²) < 4.78 is 21.2. The molecule has 1 fully saturated rings. The molecular weight excluding hydrogens is 381 g/mol. The molecule has 1 amide bonds. The maximum atomic E-state index is 13.8. The van der Waals surface area contributed by atoms with Crippen LogP contribution < -0.4 is 10.1 Å². The molecule has 1 aromatic carbocycles. The van der Waals surface area contributed by atoms with Crippen molar-refractivity contribution in [3.05, 3.63) is 30.1 Å². The number of rotatable bonds is 8. The predicted octanol–water partition coefficient (Wildman–Crippen LogP) is 3.24.